The van der Waals surface area contributed by atoms with E-state index < -0.39 is 5.60 Å². The molecule has 4 atom stereocenters. The molecule has 2 heterocycles. The fourth-order valence-electron chi connectivity index (χ4n) is 5.79. The lowest BCUT2D eigenvalue weighted by atomic mass is 9.60. The fourth-order valence-corrected chi connectivity index (χ4v) is 5.79. The van der Waals surface area contributed by atoms with Gasteiger partial charge >= 0.3 is 0 Å². The average Bonchev–Trinajstić information content (AvgIpc) is 3.27. The molecule has 4 aliphatic rings. The van der Waals surface area contributed by atoms with Gasteiger partial charge in [-0.25, -0.2) is 4.39 Å². The summed E-state index contributed by atoms with van der Waals surface area (Å²) in [7, 11) is 0. The van der Waals surface area contributed by atoms with E-state index in [2.05, 4.69) is 6.07 Å². The van der Waals surface area contributed by atoms with Gasteiger partial charge in [-0.1, -0.05) is 0 Å². The van der Waals surface area contributed by atoms with Crippen molar-refractivity contribution < 1.29 is 18.6 Å². The van der Waals surface area contributed by atoms with Gasteiger partial charge < -0.3 is 14.2 Å². The molecule has 2 saturated carbocycles. The summed E-state index contributed by atoms with van der Waals surface area (Å²) in [4.78, 5) is 0. The number of rotatable bonds is 5. The van der Waals surface area contributed by atoms with E-state index in [4.69, 9.17) is 19.5 Å². The molecule has 0 N–H and O–H groups in total. The van der Waals surface area contributed by atoms with E-state index in [1.807, 2.05) is 6.07 Å². The molecule has 26 heavy (non-hydrogen) atoms. The number of halogens is 1. The third-order valence-electron chi connectivity index (χ3n) is 7.26. The molecule has 0 radical (unpaired) electrons. The number of nitrogens with zero attached hydrogens (tertiary/aromatic N) is 1. The third-order valence-corrected chi connectivity index (χ3v) is 7.26. The molecule has 1 aromatic carbocycles. The molecule has 2 aliphatic carbocycles. The van der Waals surface area contributed by atoms with Gasteiger partial charge in [0.15, 0.2) is 6.29 Å². The molecule has 0 bridgehead atoms. The van der Waals surface area contributed by atoms with Gasteiger partial charge in [-0.3, -0.25) is 0 Å². The Kier molecular flexibility index (Phi) is 3.61. The molecule has 5 heteroatoms. The molecule has 0 amide bonds. The monoisotopic (exact) mass is 357 g/mol. The average molecular weight is 357 g/mol. The third kappa shape index (κ3) is 2.12. The van der Waals surface area contributed by atoms with Gasteiger partial charge in [-0.2, -0.15) is 5.26 Å². The zero-order valence-electron chi connectivity index (χ0n) is 14.9. The lowest BCUT2D eigenvalue weighted by Gasteiger charge is -2.48. The number of ether oxygens (including phenoxy) is 3. The van der Waals surface area contributed by atoms with Gasteiger partial charge in [0.25, 0.3) is 0 Å². The predicted octanol–water partition coefficient (Wildman–Crippen LogP) is 4.43. The van der Waals surface area contributed by atoms with E-state index in [1.165, 1.54) is 6.07 Å². The summed E-state index contributed by atoms with van der Waals surface area (Å²) in [5.41, 5.74) is 0.728. The van der Waals surface area contributed by atoms with Crippen molar-refractivity contribution in [1.29, 1.82) is 5.26 Å². The molecule has 2 aliphatic heterocycles. The number of hydrogen-bond donors (Lipinski definition) is 0. The van der Waals surface area contributed by atoms with E-state index >= 15 is 0 Å². The summed E-state index contributed by atoms with van der Waals surface area (Å²) in [6.07, 6.45) is 7.27. The summed E-state index contributed by atoms with van der Waals surface area (Å²) < 4.78 is 32.2. The molecule has 1 spiro atoms. The van der Waals surface area contributed by atoms with Gasteiger partial charge in [0.1, 0.15) is 11.6 Å². The van der Waals surface area contributed by atoms with Crippen LogP contribution in [0.4, 0.5) is 4.39 Å². The first-order valence-electron chi connectivity index (χ1n) is 9.73. The Balaban J connectivity index is 1.41. The minimum Gasteiger partial charge on any atom is -0.465 e. The lowest BCUT2D eigenvalue weighted by Crippen LogP contribution is -2.46. The molecule has 1 aromatic rings. The van der Waals surface area contributed by atoms with E-state index in [0.717, 1.165) is 50.5 Å². The van der Waals surface area contributed by atoms with Crippen LogP contribution in [0.15, 0.2) is 18.2 Å². The normalized spacial score (nSPS) is 40.1. The van der Waals surface area contributed by atoms with Crippen LogP contribution in [0.25, 0.3) is 0 Å². The van der Waals surface area contributed by atoms with Crippen molar-refractivity contribution in [3.63, 3.8) is 0 Å². The van der Waals surface area contributed by atoms with Crippen LogP contribution in [0.1, 0.15) is 56.9 Å². The number of hydrogen-bond acceptors (Lipinski definition) is 4. The molecule has 0 aromatic heterocycles. The molecule has 4 fully saturated rings. The smallest absolute Gasteiger partial charge is 0.199 e. The highest BCUT2D eigenvalue weighted by molar-refractivity contribution is 5.44. The molecule has 4 unspecified atom stereocenters. The Morgan fingerprint density at radius 3 is 2.92 bits per heavy atom. The van der Waals surface area contributed by atoms with E-state index in [-0.39, 0.29) is 22.9 Å². The van der Waals surface area contributed by atoms with E-state index in [1.54, 1.807) is 6.07 Å². The van der Waals surface area contributed by atoms with Crippen LogP contribution in [-0.4, -0.2) is 19.5 Å². The van der Waals surface area contributed by atoms with Gasteiger partial charge in [0.05, 0.1) is 24.9 Å². The van der Waals surface area contributed by atoms with Crippen molar-refractivity contribution in [1.82, 2.24) is 0 Å². The first-order valence-corrected chi connectivity index (χ1v) is 9.73. The number of benzene rings is 1. The highest BCUT2D eigenvalue weighted by atomic mass is 19.1. The van der Waals surface area contributed by atoms with E-state index in [9.17, 15) is 4.39 Å². The van der Waals surface area contributed by atoms with Crippen molar-refractivity contribution in [2.45, 2.75) is 63.3 Å². The van der Waals surface area contributed by atoms with Gasteiger partial charge in [0.2, 0.25) is 0 Å². The lowest BCUT2D eigenvalue weighted by molar-refractivity contribution is -0.126. The van der Waals surface area contributed by atoms with Crippen molar-refractivity contribution >= 4 is 0 Å². The molecule has 138 valence electrons. The first kappa shape index (κ1) is 16.5. The fraction of sp³-hybridized carbons (Fsp3) is 0.667. The summed E-state index contributed by atoms with van der Waals surface area (Å²) >= 11 is 0. The van der Waals surface area contributed by atoms with Crippen molar-refractivity contribution in [2.75, 3.05) is 13.2 Å². The molecular formula is C21H24FNO3. The molecule has 5 rings (SSSR count). The quantitative estimate of drug-likeness (QED) is 0.782. The van der Waals surface area contributed by atoms with Gasteiger partial charge in [0, 0.05) is 29.7 Å². The Morgan fingerprint density at radius 1 is 1.27 bits per heavy atom. The Labute approximate surface area is 153 Å². The summed E-state index contributed by atoms with van der Waals surface area (Å²) in [6, 6.07) is 7.26. The van der Waals surface area contributed by atoms with Crippen molar-refractivity contribution in [2.24, 2.45) is 10.8 Å². The van der Waals surface area contributed by atoms with Gasteiger partial charge in [-0.15, -0.1) is 0 Å². The molecular weight excluding hydrogens is 333 g/mol. The minimum absolute atomic E-state index is 0.100. The second kappa shape index (κ2) is 5.68. The first-order chi connectivity index (χ1) is 12.6. The zero-order valence-corrected chi connectivity index (χ0v) is 14.9. The SMILES string of the molecule is N#CCCC12COC3(c4cc(F)cc(OC5CCCCO5)c4)CCC13C2. The topological polar surface area (TPSA) is 51.5 Å². The van der Waals surface area contributed by atoms with Crippen LogP contribution in [0.2, 0.25) is 0 Å². The maximum absolute atomic E-state index is 14.4. The summed E-state index contributed by atoms with van der Waals surface area (Å²) in [5, 5.41) is 8.97. The Morgan fingerprint density at radius 2 is 2.19 bits per heavy atom. The van der Waals surface area contributed by atoms with E-state index in [0.29, 0.717) is 25.4 Å². The second-order valence-electron chi connectivity index (χ2n) is 8.40. The van der Waals surface area contributed by atoms with Crippen LogP contribution >= 0.6 is 0 Å². The highest BCUT2D eigenvalue weighted by Gasteiger charge is 2.84. The second-order valence-corrected chi connectivity index (χ2v) is 8.40. The van der Waals surface area contributed by atoms with Crippen LogP contribution in [-0.2, 0) is 15.1 Å². The molecule has 2 saturated heterocycles. The maximum atomic E-state index is 14.4. The van der Waals surface area contributed by atoms with Crippen molar-refractivity contribution in [3.05, 3.63) is 29.6 Å². The zero-order chi connectivity index (χ0) is 17.8. The van der Waals surface area contributed by atoms with Crippen LogP contribution in [0.5, 0.6) is 5.75 Å². The van der Waals surface area contributed by atoms with Crippen LogP contribution in [0, 0.1) is 28.0 Å². The Hall–Kier alpha value is -1.64. The minimum atomic E-state index is -0.393. The molecule has 4 nitrogen and oxygen atoms in total. The Bertz CT molecular complexity index is 767. The highest BCUT2D eigenvalue weighted by Crippen LogP contribution is 2.87. The van der Waals surface area contributed by atoms with Crippen molar-refractivity contribution in [3.8, 4) is 11.8 Å². The summed E-state index contributed by atoms with van der Waals surface area (Å²) in [5.74, 6) is 0.241. The maximum Gasteiger partial charge on any atom is 0.199 e. The largest absolute Gasteiger partial charge is 0.465 e. The van der Waals surface area contributed by atoms with Crippen LogP contribution in [0.3, 0.4) is 0 Å². The predicted molar refractivity (Wildman–Crippen MR) is 91.8 cm³/mol. The van der Waals surface area contributed by atoms with Gasteiger partial charge in [-0.05, 0) is 56.2 Å². The summed E-state index contributed by atoms with van der Waals surface area (Å²) in [6.45, 7) is 1.39. The van der Waals surface area contributed by atoms with Crippen LogP contribution < -0.4 is 4.74 Å². The standard InChI is InChI=1S/C21H24FNO3/c22-16-10-15(11-17(12-16)26-18-4-1-2-9-24-18)21-7-6-20(21)13-19(20,14-25-21)5-3-8-23/h10-12,18H,1-7,9,13-14H2. The number of nitriles is 1.